The summed E-state index contributed by atoms with van der Waals surface area (Å²) in [5.41, 5.74) is 7.75. The van der Waals surface area contributed by atoms with E-state index in [2.05, 4.69) is 16.2 Å². The first-order valence-corrected chi connectivity index (χ1v) is 12.5. The lowest BCUT2D eigenvalue weighted by Crippen LogP contribution is -2.40. The lowest BCUT2D eigenvalue weighted by molar-refractivity contribution is -0.117. The molecule has 4 rings (SSSR count). The van der Waals surface area contributed by atoms with Gasteiger partial charge in [0.1, 0.15) is 5.75 Å². The number of esters is 1. The fourth-order valence-electron chi connectivity index (χ4n) is 3.47. The topological polar surface area (TPSA) is 114 Å². The summed E-state index contributed by atoms with van der Waals surface area (Å²) < 4.78 is 5.50. The zero-order valence-electron chi connectivity index (χ0n) is 21.3. The Morgan fingerprint density at radius 2 is 1.30 bits per heavy atom. The van der Waals surface area contributed by atoms with Crippen LogP contribution in [0.1, 0.15) is 42.2 Å². The molecule has 0 unspecified atom stereocenters. The highest BCUT2D eigenvalue weighted by atomic mass is 35.5. The van der Waals surface area contributed by atoms with E-state index in [9.17, 15) is 19.2 Å². The standard InChI is InChI=1S/C31H24ClN3O5/c1-20-6-8-24(9-7-20)31(39)40-27-5-3-2-4-21(27)14-19-28(36)34-35-30(38)23-12-17-26(18-13-23)33-29(37)22-10-15-25(32)16-11-22/h2-19H,1H3,(H,33,37)(H,34,36)(H,35,38)/b19-14+. The first kappa shape index (κ1) is 27.8. The summed E-state index contributed by atoms with van der Waals surface area (Å²) in [6.45, 7) is 1.92. The molecule has 4 aromatic rings. The van der Waals surface area contributed by atoms with Crippen LogP contribution >= 0.6 is 11.6 Å². The average Bonchev–Trinajstić information content (AvgIpc) is 2.96. The van der Waals surface area contributed by atoms with Gasteiger partial charge in [-0.05, 0) is 79.7 Å². The number of anilines is 1. The van der Waals surface area contributed by atoms with Gasteiger partial charge < -0.3 is 10.1 Å². The Balaban J connectivity index is 1.29. The summed E-state index contributed by atoms with van der Waals surface area (Å²) in [7, 11) is 0. The van der Waals surface area contributed by atoms with E-state index in [0.717, 1.165) is 5.56 Å². The van der Waals surface area contributed by atoms with Gasteiger partial charge in [-0.3, -0.25) is 25.2 Å². The van der Waals surface area contributed by atoms with Crippen molar-refractivity contribution in [3.63, 3.8) is 0 Å². The highest BCUT2D eigenvalue weighted by Gasteiger charge is 2.12. The van der Waals surface area contributed by atoms with Gasteiger partial charge in [-0.2, -0.15) is 0 Å². The number of hydrogen-bond donors (Lipinski definition) is 3. The smallest absolute Gasteiger partial charge is 0.343 e. The molecule has 0 saturated heterocycles. The summed E-state index contributed by atoms with van der Waals surface area (Å²) in [6, 6.07) is 26.3. The van der Waals surface area contributed by atoms with Gasteiger partial charge in [-0.15, -0.1) is 0 Å². The molecule has 200 valence electrons. The molecule has 0 bridgehead atoms. The van der Waals surface area contributed by atoms with E-state index in [1.165, 1.54) is 24.3 Å². The van der Waals surface area contributed by atoms with Crippen LogP contribution in [0, 0.1) is 6.92 Å². The summed E-state index contributed by atoms with van der Waals surface area (Å²) in [5.74, 6) is -1.71. The van der Waals surface area contributed by atoms with Crippen LogP contribution in [0.4, 0.5) is 5.69 Å². The number of aryl methyl sites for hydroxylation is 1. The predicted molar refractivity (Wildman–Crippen MR) is 153 cm³/mol. The van der Waals surface area contributed by atoms with Crippen molar-refractivity contribution < 1.29 is 23.9 Å². The minimum Gasteiger partial charge on any atom is -0.422 e. The average molecular weight is 554 g/mol. The first-order chi connectivity index (χ1) is 19.3. The first-order valence-electron chi connectivity index (χ1n) is 12.1. The lowest BCUT2D eigenvalue weighted by Gasteiger charge is -2.09. The van der Waals surface area contributed by atoms with Crippen LogP contribution < -0.4 is 20.9 Å². The van der Waals surface area contributed by atoms with Crippen molar-refractivity contribution in [2.45, 2.75) is 6.92 Å². The second kappa shape index (κ2) is 13.0. The van der Waals surface area contributed by atoms with Crippen molar-refractivity contribution in [3.8, 4) is 5.75 Å². The van der Waals surface area contributed by atoms with E-state index in [1.807, 2.05) is 19.1 Å². The van der Waals surface area contributed by atoms with Gasteiger partial charge in [-0.25, -0.2) is 4.79 Å². The van der Waals surface area contributed by atoms with Gasteiger partial charge in [0, 0.05) is 33.5 Å². The number of rotatable bonds is 7. The lowest BCUT2D eigenvalue weighted by atomic mass is 10.1. The molecular weight excluding hydrogens is 530 g/mol. The quantitative estimate of drug-likeness (QED) is 0.119. The normalized spacial score (nSPS) is 10.6. The Labute approximate surface area is 235 Å². The fraction of sp³-hybridized carbons (Fsp3) is 0.0323. The molecule has 8 nitrogen and oxygen atoms in total. The highest BCUT2D eigenvalue weighted by Crippen LogP contribution is 2.21. The summed E-state index contributed by atoms with van der Waals surface area (Å²) in [5, 5.41) is 3.26. The monoisotopic (exact) mass is 553 g/mol. The van der Waals surface area contributed by atoms with Crippen LogP contribution in [0.5, 0.6) is 5.75 Å². The molecule has 0 fully saturated rings. The number of carbonyl (C=O) groups is 4. The molecule has 0 heterocycles. The fourth-order valence-corrected chi connectivity index (χ4v) is 3.59. The van der Waals surface area contributed by atoms with Crippen molar-refractivity contribution in [2.75, 3.05) is 5.32 Å². The van der Waals surface area contributed by atoms with Crippen molar-refractivity contribution in [1.82, 2.24) is 10.9 Å². The highest BCUT2D eigenvalue weighted by molar-refractivity contribution is 6.30. The van der Waals surface area contributed by atoms with Gasteiger partial charge in [0.05, 0.1) is 5.56 Å². The Morgan fingerprint density at radius 1 is 0.700 bits per heavy atom. The van der Waals surface area contributed by atoms with E-state index in [4.69, 9.17) is 16.3 Å². The Bertz CT molecular complexity index is 1560. The number of hydrazine groups is 1. The van der Waals surface area contributed by atoms with Crippen molar-refractivity contribution in [2.24, 2.45) is 0 Å². The summed E-state index contributed by atoms with van der Waals surface area (Å²) in [6.07, 6.45) is 2.67. The number of para-hydroxylation sites is 1. The van der Waals surface area contributed by atoms with Gasteiger partial charge in [-0.1, -0.05) is 47.5 Å². The minimum absolute atomic E-state index is 0.266. The zero-order chi connectivity index (χ0) is 28.5. The van der Waals surface area contributed by atoms with E-state index in [-0.39, 0.29) is 17.2 Å². The molecule has 40 heavy (non-hydrogen) atoms. The van der Waals surface area contributed by atoms with Crippen LogP contribution in [-0.4, -0.2) is 23.7 Å². The second-order valence-electron chi connectivity index (χ2n) is 8.61. The molecule has 0 aromatic heterocycles. The molecule has 9 heteroatoms. The molecule has 0 atom stereocenters. The Morgan fingerprint density at radius 3 is 2.00 bits per heavy atom. The third-order valence-electron chi connectivity index (χ3n) is 5.63. The molecule has 3 N–H and O–H groups in total. The molecule has 0 spiro atoms. The summed E-state index contributed by atoms with van der Waals surface area (Å²) in [4.78, 5) is 49.5. The number of carbonyl (C=O) groups excluding carboxylic acids is 4. The van der Waals surface area contributed by atoms with Crippen LogP contribution in [-0.2, 0) is 4.79 Å². The zero-order valence-corrected chi connectivity index (χ0v) is 22.1. The maximum atomic E-state index is 12.5. The van der Waals surface area contributed by atoms with Crippen LogP contribution in [0.15, 0.2) is 103 Å². The van der Waals surface area contributed by atoms with Gasteiger partial charge >= 0.3 is 5.97 Å². The molecule has 4 aromatic carbocycles. The predicted octanol–water partition coefficient (Wildman–Crippen LogP) is 5.59. The Hall–Kier alpha value is -5.21. The summed E-state index contributed by atoms with van der Waals surface area (Å²) >= 11 is 5.84. The number of hydrogen-bond acceptors (Lipinski definition) is 5. The van der Waals surface area contributed by atoms with Gasteiger partial charge in [0.15, 0.2) is 0 Å². The van der Waals surface area contributed by atoms with E-state index in [0.29, 0.717) is 27.4 Å². The van der Waals surface area contributed by atoms with Crippen molar-refractivity contribution >= 4 is 47.1 Å². The molecule has 0 aliphatic carbocycles. The SMILES string of the molecule is Cc1ccc(C(=O)Oc2ccccc2/C=C/C(=O)NNC(=O)c2ccc(NC(=O)c3ccc(Cl)cc3)cc2)cc1. The van der Waals surface area contributed by atoms with Gasteiger partial charge in [0.25, 0.3) is 17.7 Å². The van der Waals surface area contributed by atoms with Crippen molar-refractivity contribution in [3.05, 3.63) is 136 Å². The van der Waals surface area contributed by atoms with E-state index in [1.54, 1.807) is 72.8 Å². The maximum Gasteiger partial charge on any atom is 0.343 e. The van der Waals surface area contributed by atoms with Crippen LogP contribution in [0.3, 0.4) is 0 Å². The molecule has 0 radical (unpaired) electrons. The third kappa shape index (κ3) is 7.66. The molecular formula is C31H24ClN3O5. The molecule has 3 amide bonds. The molecule has 0 aliphatic heterocycles. The minimum atomic E-state index is -0.597. The number of benzene rings is 4. The Kier molecular flexibility index (Phi) is 9.07. The number of nitrogens with one attached hydrogen (secondary N) is 3. The molecule has 0 saturated carbocycles. The van der Waals surface area contributed by atoms with Crippen LogP contribution in [0.2, 0.25) is 5.02 Å². The van der Waals surface area contributed by atoms with E-state index < -0.39 is 17.8 Å². The van der Waals surface area contributed by atoms with Gasteiger partial charge in [0.2, 0.25) is 0 Å². The maximum absolute atomic E-state index is 12.5. The van der Waals surface area contributed by atoms with E-state index >= 15 is 0 Å². The van der Waals surface area contributed by atoms with Crippen LogP contribution in [0.25, 0.3) is 6.08 Å². The number of ether oxygens (including phenoxy) is 1. The van der Waals surface area contributed by atoms with Crippen molar-refractivity contribution in [1.29, 1.82) is 0 Å². The largest absolute Gasteiger partial charge is 0.422 e. The second-order valence-corrected chi connectivity index (χ2v) is 9.04. The molecule has 0 aliphatic rings. The number of amides is 3. The number of halogens is 1. The third-order valence-corrected chi connectivity index (χ3v) is 5.89.